The Morgan fingerprint density at radius 3 is 2.68 bits per heavy atom. The maximum absolute atomic E-state index is 5.70. The standard InChI is InChI=1S/C14H16Br2N2S/c1-18(8-10-6-14(16)19-9-10)13-3-2-12(15)7-11(13)4-5-17/h2-3,6-7,9H,4-5,8,17H2,1H3. The first-order valence-electron chi connectivity index (χ1n) is 6.02. The van der Waals surface area contributed by atoms with Gasteiger partial charge in [-0.3, -0.25) is 0 Å². The van der Waals surface area contributed by atoms with E-state index in [2.05, 4.69) is 73.5 Å². The van der Waals surface area contributed by atoms with Crippen molar-refractivity contribution in [3.63, 3.8) is 0 Å². The van der Waals surface area contributed by atoms with Gasteiger partial charge >= 0.3 is 0 Å². The second-order valence-corrected chi connectivity index (χ2v) is 7.63. The summed E-state index contributed by atoms with van der Waals surface area (Å²) in [6.45, 7) is 1.57. The molecule has 1 heterocycles. The second kappa shape index (κ2) is 6.88. The smallest absolute Gasteiger partial charge is 0.0701 e. The summed E-state index contributed by atoms with van der Waals surface area (Å²) in [5, 5.41) is 2.18. The molecular formula is C14H16Br2N2S. The van der Waals surface area contributed by atoms with Crippen LogP contribution in [0, 0.1) is 0 Å². The summed E-state index contributed by atoms with van der Waals surface area (Å²) in [5.41, 5.74) is 9.55. The lowest BCUT2D eigenvalue weighted by atomic mass is 10.1. The molecule has 19 heavy (non-hydrogen) atoms. The van der Waals surface area contributed by atoms with Crippen LogP contribution in [0.3, 0.4) is 0 Å². The number of thiophene rings is 1. The van der Waals surface area contributed by atoms with E-state index in [-0.39, 0.29) is 0 Å². The summed E-state index contributed by atoms with van der Waals surface area (Å²) in [5.74, 6) is 0. The van der Waals surface area contributed by atoms with Gasteiger partial charge in [-0.05, 0) is 69.7 Å². The summed E-state index contributed by atoms with van der Waals surface area (Å²) < 4.78 is 2.28. The molecule has 0 aliphatic carbocycles. The van der Waals surface area contributed by atoms with Crippen LogP contribution in [0.2, 0.25) is 0 Å². The van der Waals surface area contributed by atoms with Crippen molar-refractivity contribution in [3.8, 4) is 0 Å². The van der Waals surface area contributed by atoms with Gasteiger partial charge in [-0.1, -0.05) is 15.9 Å². The molecule has 5 heteroatoms. The molecule has 0 fully saturated rings. The molecule has 0 saturated carbocycles. The average Bonchev–Trinajstić information content (AvgIpc) is 2.75. The largest absolute Gasteiger partial charge is 0.370 e. The molecule has 0 spiro atoms. The zero-order valence-electron chi connectivity index (χ0n) is 10.7. The van der Waals surface area contributed by atoms with Crippen molar-refractivity contribution >= 4 is 48.9 Å². The molecule has 0 amide bonds. The van der Waals surface area contributed by atoms with Gasteiger partial charge in [0, 0.05) is 23.8 Å². The summed E-state index contributed by atoms with van der Waals surface area (Å²) >= 11 is 8.75. The maximum atomic E-state index is 5.70. The van der Waals surface area contributed by atoms with Crippen LogP contribution in [0.25, 0.3) is 0 Å². The third-order valence-electron chi connectivity index (χ3n) is 2.91. The SMILES string of the molecule is CN(Cc1csc(Br)c1)c1ccc(Br)cc1CCN. The second-order valence-electron chi connectivity index (χ2n) is 4.43. The minimum atomic E-state index is 0.668. The molecule has 102 valence electrons. The van der Waals surface area contributed by atoms with E-state index in [1.54, 1.807) is 11.3 Å². The number of nitrogens with two attached hydrogens (primary N) is 1. The lowest BCUT2D eigenvalue weighted by Crippen LogP contribution is -2.18. The zero-order valence-corrected chi connectivity index (χ0v) is 14.7. The molecule has 0 radical (unpaired) electrons. The minimum Gasteiger partial charge on any atom is -0.370 e. The summed E-state index contributed by atoms with van der Waals surface area (Å²) in [6.07, 6.45) is 0.895. The summed E-state index contributed by atoms with van der Waals surface area (Å²) in [4.78, 5) is 2.27. The van der Waals surface area contributed by atoms with E-state index < -0.39 is 0 Å². The Morgan fingerprint density at radius 1 is 1.26 bits per heavy atom. The number of halogens is 2. The highest BCUT2D eigenvalue weighted by molar-refractivity contribution is 9.11. The Kier molecular flexibility index (Phi) is 5.45. The Balaban J connectivity index is 2.20. The molecule has 0 saturated heterocycles. The average molecular weight is 404 g/mol. The van der Waals surface area contributed by atoms with Gasteiger partial charge in [0.1, 0.15) is 0 Å². The van der Waals surface area contributed by atoms with E-state index in [1.807, 2.05) is 0 Å². The number of anilines is 1. The van der Waals surface area contributed by atoms with Crippen LogP contribution in [-0.2, 0) is 13.0 Å². The number of benzene rings is 1. The van der Waals surface area contributed by atoms with Gasteiger partial charge in [0.25, 0.3) is 0 Å². The van der Waals surface area contributed by atoms with Crippen LogP contribution < -0.4 is 10.6 Å². The first-order valence-corrected chi connectivity index (χ1v) is 8.49. The predicted octanol–water partition coefficient (Wildman–Crippen LogP) is 4.41. The molecule has 2 aromatic rings. The van der Waals surface area contributed by atoms with Gasteiger partial charge in [-0.25, -0.2) is 0 Å². The van der Waals surface area contributed by atoms with Crippen molar-refractivity contribution in [2.24, 2.45) is 5.73 Å². The molecule has 0 aliphatic rings. The molecular weight excluding hydrogens is 388 g/mol. The van der Waals surface area contributed by atoms with Gasteiger partial charge in [-0.2, -0.15) is 0 Å². The van der Waals surface area contributed by atoms with Gasteiger partial charge in [0.05, 0.1) is 3.79 Å². The van der Waals surface area contributed by atoms with Gasteiger partial charge in [0.15, 0.2) is 0 Å². The predicted molar refractivity (Wildman–Crippen MR) is 91.0 cm³/mol. The van der Waals surface area contributed by atoms with Crippen LogP contribution in [-0.4, -0.2) is 13.6 Å². The molecule has 0 unspecified atom stereocenters. The topological polar surface area (TPSA) is 29.3 Å². The van der Waals surface area contributed by atoms with Crippen molar-refractivity contribution in [2.45, 2.75) is 13.0 Å². The van der Waals surface area contributed by atoms with Gasteiger partial charge in [0.2, 0.25) is 0 Å². The Bertz CT molecular complexity index is 554. The highest BCUT2D eigenvalue weighted by Gasteiger charge is 2.09. The van der Waals surface area contributed by atoms with Crippen LogP contribution in [0.15, 0.2) is 37.9 Å². The summed E-state index contributed by atoms with van der Waals surface area (Å²) in [6, 6.07) is 8.55. The molecule has 1 aromatic carbocycles. The van der Waals surface area contributed by atoms with Crippen molar-refractivity contribution in [3.05, 3.63) is 49.0 Å². The van der Waals surface area contributed by atoms with Gasteiger partial charge in [-0.15, -0.1) is 11.3 Å². The Morgan fingerprint density at radius 2 is 2.05 bits per heavy atom. The van der Waals surface area contributed by atoms with Crippen molar-refractivity contribution < 1.29 is 0 Å². The van der Waals surface area contributed by atoms with E-state index in [1.165, 1.54) is 20.6 Å². The highest BCUT2D eigenvalue weighted by Crippen LogP contribution is 2.27. The Labute approximate surface area is 134 Å². The fraction of sp³-hybridized carbons (Fsp3) is 0.286. The molecule has 0 aliphatic heterocycles. The van der Waals surface area contributed by atoms with Crippen LogP contribution in [0.4, 0.5) is 5.69 Å². The summed E-state index contributed by atoms with van der Waals surface area (Å²) in [7, 11) is 2.12. The number of hydrogen-bond donors (Lipinski definition) is 1. The fourth-order valence-electron chi connectivity index (χ4n) is 2.07. The van der Waals surface area contributed by atoms with Crippen molar-refractivity contribution in [1.29, 1.82) is 0 Å². The molecule has 1 aromatic heterocycles. The third kappa shape index (κ3) is 4.05. The fourth-order valence-corrected chi connectivity index (χ4v) is 3.68. The number of nitrogens with zero attached hydrogens (tertiary/aromatic N) is 1. The molecule has 2 rings (SSSR count). The van der Waals surface area contributed by atoms with Crippen LogP contribution >= 0.6 is 43.2 Å². The molecule has 0 bridgehead atoms. The van der Waals surface area contributed by atoms with Crippen LogP contribution in [0.5, 0.6) is 0 Å². The van der Waals surface area contributed by atoms with E-state index in [9.17, 15) is 0 Å². The maximum Gasteiger partial charge on any atom is 0.0701 e. The molecule has 0 atom stereocenters. The first-order chi connectivity index (χ1) is 9.10. The third-order valence-corrected chi connectivity index (χ3v) is 4.95. The van der Waals surface area contributed by atoms with E-state index >= 15 is 0 Å². The Hall–Kier alpha value is -0.360. The highest BCUT2D eigenvalue weighted by atomic mass is 79.9. The lowest BCUT2D eigenvalue weighted by molar-refractivity contribution is 0.894. The minimum absolute atomic E-state index is 0.668. The van der Waals surface area contributed by atoms with Crippen LogP contribution in [0.1, 0.15) is 11.1 Å². The quantitative estimate of drug-likeness (QED) is 0.800. The van der Waals surface area contributed by atoms with E-state index in [0.29, 0.717) is 6.54 Å². The molecule has 2 N–H and O–H groups in total. The number of rotatable bonds is 5. The van der Waals surface area contributed by atoms with Crippen molar-refractivity contribution in [1.82, 2.24) is 0 Å². The van der Waals surface area contributed by atoms with E-state index in [0.717, 1.165) is 17.4 Å². The van der Waals surface area contributed by atoms with Gasteiger partial charge < -0.3 is 10.6 Å². The number of hydrogen-bond acceptors (Lipinski definition) is 3. The van der Waals surface area contributed by atoms with E-state index in [4.69, 9.17) is 5.73 Å². The first kappa shape index (κ1) is 15.0. The van der Waals surface area contributed by atoms with Crippen molar-refractivity contribution in [2.75, 3.05) is 18.5 Å². The zero-order chi connectivity index (χ0) is 13.8. The lowest BCUT2D eigenvalue weighted by Gasteiger charge is -2.22. The molecule has 2 nitrogen and oxygen atoms in total. The monoisotopic (exact) mass is 402 g/mol. The normalized spacial score (nSPS) is 10.7.